The number of aryl methyl sites for hydroxylation is 1. The van der Waals surface area contributed by atoms with Gasteiger partial charge in [-0.15, -0.1) is 0 Å². The first-order valence-electron chi connectivity index (χ1n) is 6.77. The first-order chi connectivity index (χ1) is 8.20. The molecule has 2 unspecified atom stereocenters. The van der Waals surface area contributed by atoms with Crippen molar-refractivity contribution in [3.05, 3.63) is 23.8 Å². The largest absolute Gasteiger partial charge is 0.508 e. The maximum Gasteiger partial charge on any atom is 0.120 e. The van der Waals surface area contributed by atoms with Crippen LogP contribution in [0.2, 0.25) is 0 Å². The van der Waals surface area contributed by atoms with Crippen molar-refractivity contribution in [2.75, 3.05) is 5.32 Å². The van der Waals surface area contributed by atoms with E-state index in [0.29, 0.717) is 11.8 Å². The summed E-state index contributed by atoms with van der Waals surface area (Å²) < 4.78 is 0. The Hall–Kier alpha value is -1.18. The molecule has 2 heteroatoms. The van der Waals surface area contributed by atoms with Gasteiger partial charge in [0.2, 0.25) is 0 Å². The van der Waals surface area contributed by atoms with E-state index in [2.05, 4.69) is 18.3 Å². The van der Waals surface area contributed by atoms with E-state index in [-0.39, 0.29) is 0 Å². The number of nitrogens with one attached hydrogen (secondary N) is 1. The molecule has 1 aliphatic rings. The van der Waals surface area contributed by atoms with Crippen LogP contribution >= 0.6 is 0 Å². The highest BCUT2D eigenvalue weighted by Gasteiger charge is 2.23. The van der Waals surface area contributed by atoms with E-state index in [1.165, 1.54) is 32.1 Å². The van der Waals surface area contributed by atoms with Crippen molar-refractivity contribution in [2.45, 2.75) is 52.0 Å². The highest BCUT2D eigenvalue weighted by Crippen LogP contribution is 2.30. The maximum atomic E-state index is 9.71. The summed E-state index contributed by atoms with van der Waals surface area (Å²) in [5.74, 6) is 1.17. The minimum atomic E-state index is 0.388. The maximum absolute atomic E-state index is 9.71. The van der Waals surface area contributed by atoms with Gasteiger partial charge in [0.1, 0.15) is 5.75 Å². The monoisotopic (exact) mass is 233 g/mol. The molecule has 0 spiro atoms. The van der Waals surface area contributed by atoms with Crippen molar-refractivity contribution in [3.8, 4) is 5.75 Å². The number of phenols is 1. The highest BCUT2D eigenvalue weighted by atomic mass is 16.3. The van der Waals surface area contributed by atoms with Gasteiger partial charge in [-0.3, -0.25) is 0 Å². The van der Waals surface area contributed by atoms with Crippen LogP contribution in [0.3, 0.4) is 0 Å². The Kier molecular flexibility index (Phi) is 3.93. The van der Waals surface area contributed by atoms with E-state index in [4.69, 9.17) is 0 Å². The van der Waals surface area contributed by atoms with Crippen LogP contribution < -0.4 is 5.32 Å². The molecule has 2 atom stereocenters. The lowest BCUT2D eigenvalue weighted by Gasteiger charge is -2.32. The molecule has 0 aromatic heterocycles. The summed E-state index contributed by atoms with van der Waals surface area (Å²) in [5, 5.41) is 13.3. The van der Waals surface area contributed by atoms with Crippen molar-refractivity contribution in [3.63, 3.8) is 0 Å². The zero-order valence-corrected chi connectivity index (χ0v) is 10.9. The van der Waals surface area contributed by atoms with Gasteiger partial charge in [-0.25, -0.2) is 0 Å². The van der Waals surface area contributed by atoms with Crippen molar-refractivity contribution in [1.82, 2.24) is 0 Å². The first kappa shape index (κ1) is 12.3. The quantitative estimate of drug-likeness (QED) is 0.824. The number of hydrogen-bond donors (Lipinski definition) is 2. The number of aromatic hydroxyl groups is 1. The van der Waals surface area contributed by atoms with Crippen LogP contribution in [0.5, 0.6) is 5.75 Å². The molecule has 0 saturated heterocycles. The molecule has 0 aliphatic heterocycles. The Balaban J connectivity index is 2.05. The van der Waals surface area contributed by atoms with Crippen LogP contribution in [0.15, 0.2) is 18.2 Å². The SMILES string of the molecule is CCC1CCCCC1Nc1ccc(C)c(O)c1. The van der Waals surface area contributed by atoms with Gasteiger partial charge >= 0.3 is 0 Å². The third-order valence-electron chi connectivity index (χ3n) is 3.99. The fourth-order valence-corrected chi connectivity index (χ4v) is 2.80. The molecule has 0 heterocycles. The topological polar surface area (TPSA) is 32.3 Å². The van der Waals surface area contributed by atoms with E-state index in [1.54, 1.807) is 0 Å². The summed E-state index contributed by atoms with van der Waals surface area (Å²) in [7, 11) is 0. The molecule has 1 aromatic carbocycles. The van der Waals surface area contributed by atoms with Gasteiger partial charge in [-0.2, -0.15) is 0 Å². The predicted molar refractivity (Wildman–Crippen MR) is 72.5 cm³/mol. The molecule has 1 fully saturated rings. The molecule has 0 amide bonds. The molecular weight excluding hydrogens is 210 g/mol. The van der Waals surface area contributed by atoms with Gasteiger partial charge < -0.3 is 10.4 Å². The van der Waals surface area contributed by atoms with Crippen molar-refractivity contribution < 1.29 is 5.11 Å². The van der Waals surface area contributed by atoms with Crippen molar-refractivity contribution in [1.29, 1.82) is 0 Å². The van der Waals surface area contributed by atoms with Crippen LogP contribution in [0.4, 0.5) is 5.69 Å². The minimum Gasteiger partial charge on any atom is -0.508 e. The number of benzene rings is 1. The number of hydrogen-bond acceptors (Lipinski definition) is 2. The third kappa shape index (κ3) is 2.93. The summed E-state index contributed by atoms with van der Waals surface area (Å²) >= 11 is 0. The van der Waals surface area contributed by atoms with Gasteiger partial charge in [-0.1, -0.05) is 32.3 Å². The van der Waals surface area contributed by atoms with Crippen LogP contribution in [0.25, 0.3) is 0 Å². The van der Waals surface area contributed by atoms with E-state index < -0.39 is 0 Å². The third-order valence-corrected chi connectivity index (χ3v) is 3.99. The van der Waals surface area contributed by atoms with Crippen LogP contribution in [-0.4, -0.2) is 11.1 Å². The Morgan fingerprint density at radius 1 is 1.29 bits per heavy atom. The highest BCUT2D eigenvalue weighted by molar-refractivity contribution is 5.51. The van der Waals surface area contributed by atoms with E-state index in [0.717, 1.165) is 17.2 Å². The molecule has 0 bridgehead atoms. The van der Waals surface area contributed by atoms with Crippen molar-refractivity contribution in [2.24, 2.45) is 5.92 Å². The Morgan fingerprint density at radius 3 is 2.76 bits per heavy atom. The molecule has 0 radical (unpaired) electrons. The fourth-order valence-electron chi connectivity index (χ4n) is 2.80. The standard InChI is InChI=1S/C15H23NO/c1-3-12-6-4-5-7-14(12)16-13-9-8-11(2)15(17)10-13/h8-10,12,14,16-17H,3-7H2,1-2H3. The molecule has 2 N–H and O–H groups in total. The molecule has 1 aliphatic carbocycles. The number of phenolic OH excluding ortho intramolecular Hbond substituents is 1. The summed E-state index contributed by atoms with van der Waals surface area (Å²) in [6.45, 7) is 4.20. The molecule has 94 valence electrons. The first-order valence-corrected chi connectivity index (χ1v) is 6.77. The lowest BCUT2D eigenvalue weighted by molar-refractivity contribution is 0.317. The summed E-state index contributed by atoms with van der Waals surface area (Å²) in [6, 6.07) is 6.46. The summed E-state index contributed by atoms with van der Waals surface area (Å²) in [4.78, 5) is 0. The molecular formula is C15H23NO. The molecule has 1 aromatic rings. The Morgan fingerprint density at radius 2 is 2.06 bits per heavy atom. The second-order valence-electron chi connectivity index (χ2n) is 5.20. The van der Waals surface area contributed by atoms with Gasteiger partial charge in [-0.05, 0) is 37.3 Å². The van der Waals surface area contributed by atoms with E-state index in [9.17, 15) is 5.11 Å². The average Bonchev–Trinajstić information content (AvgIpc) is 2.34. The van der Waals surface area contributed by atoms with E-state index in [1.807, 2.05) is 19.1 Å². The predicted octanol–water partition coefficient (Wildman–Crippen LogP) is 4.08. The van der Waals surface area contributed by atoms with E-state index >= 15 is 0 Å². The van der Waals surface area contributed by atoms with Gasteiger partial charge in [0.15, 0.2) is 0 Å². The molecule has 2 nitrogen and oxygen atoms in total. The van der Waals surface area contributed by atoms with Crippen molar-refractivity contribution >= 4 is 5.69 Å². The normalized spacial score (nSPS) is 24.6. The molecule has 1 saturated carbocycles. The second kappa shape index (κ2) is 5.44. The summed E-state index contributed by atoms with van der Waals surface area (Å²) in [6.07, 6.45) is 6.54. The molecule has 17 heavy (non-hydrogen) atoms. The zero-order chi connectivity index (χ0) is 12.3. The van der Waals surface area contributed by atoms with Gasteiger partial charge in [0.25, 0.3) is 0 Å². The van der Waals surface area contributed by atoms with Gasteiger partial charge in [0.05, 0.1) is 0 Å². The average molecular weight is 233 g/mol. The Bertz CT molecular complexity index is 375. The summed E-state index contributed by atoms with van der Waals surface area (Å²) in [5.41, 5.74) is 1.99. The smallest absolute Gasteiger partial charge is 0.120 e. The molecule has 2 rings (SSSR count). The lowest BCUT2D eigenvalue weighted by atomic mass is 9.83. The van der Waals surface area contributed by atoms with Gasteiger partial charge in [0, 0.05) is 17.8 Å². The zero-order valence-electron chi connectivity index (χ0n) is 10.9. The van der Waals surface area contributed by atoms with Crippen LogP contribution in [-0.2, 0) is 0 Å². The lowest BCUT2D eigenvalue weighted by Crippen LogP contribution is -2.31. The minimum absolute atomic E-state index is 0.388. The van der Waals surface area contributed by atoms with Crippen LogP contribution in [0.1, 0.15) is 44.6 Å². The second-order valence-corrected chi connectivity index (χ2v) is 5.20. The number of anilines is 1. The fraction of sp³-hybridized carbons (Fsp3) is 0.600. The van der Waals surface area contributed by atoms with Crippen LogP contribution in [0, 0.1) is 12.8 Å². The number of rotatable bonds is 3. The Labute approximate surface area is 104 Å².